The molecule has 5 heteroatoms. The Morgan fingerprint density at radius 2 is 2.16 bits per heavy atom. The summed E-state index contributed by atoms with van der Waals surface area (Å²) in [4.78, 5) is 10.8. The van der Waals surface area contributed by atoms with Crippen LogP contribution in [0.25, 0.3) is 0 Å². The smallest absolute Gasteiger partial charge is 0.316 e. The molecule has 0 radical (unpaired) electrons. The fourth-order valence-electron chi connectivity index (χ4n) is 2.42. The van der Waals surface area contributed by atoms with E-state index in [1.54, 1.807) is 0 Å². The normalized spacial score (nSPS) is 21.7. The largest absolute Gasteiger partial charge is 0.381 e. The average molecular weight is 279 g/mol. The second-order valence-corrected chi connectivity index (χ2v) is 6.83. The summed E-state index contributed by atoms with van der Waals surface area (Å²) in [7, 11) is 0. The van der Waals surface area contributed by atoms with Crippen LogP contribution in [0, 0.1) is 5.41 Å². The van der Waals surface area contributed by atoms with E-state index in [2.05, 4.69) is 24.5 Å². The third-order valence-electron chi connectivity index (χ3n) is 3.11. The standard InChI is InChI=1S/C14H21N3OS/c1-14(2)7-12(8-19-9-14)16-10-4-3-5-11(6-10)17-13(15)18/h3-6,12,16H,7-9H2,1-2H3,(H3,15,17,18). The third-order valence-corrected chi connectivity index (χ3v) is 4.74. The SMILES string of the molecule is CC1(C)CSCC(Nc2cccc(NC(N)=O)c2)C1. The van der Waals surface area contributed by atoms with Gasteiger partial charge in [0.25, 0.3) is 0 Å². The fourth-order valence-corrected chi connectivity index (χ4v) is 3.69. The van der Waals surface area contributed by atoms with Gasteiger partial charge in [0.05, 0.1) is 0 Å². The molecular formula is C14H21N3OS. The summed E-state index contributed by atoms with van der Waals surface area (Å²) >= 11 is 1.99. The van der Waals surface area contributed by atoms with Crippen LogP contribution in [0.4, 0.5) is 16.2 Å². The maximum atomic E-state index is 10.8. The van der Waals surface area contributed by atoms with Gasteiger partial charge < -0.3 is 16.4 Å². The summed E-state index contributed by atoms with van der Waals surface area (Å²) in [5.41, 5.74) is 7.24. The zero-order chi connectivity index (χ0) is 13.9. The van der Waals surface area contributed by atoms with Crippen LogP contribution >= 0.6 is 11.8 Å². The molecule has 4 nitrogen and oxygen atoms in total. The number of benzene rings is 1. The minimum Gasteiger partial charge on any atom is -0.381 e. The number of amides is 2. The summed E-state index contributed by atoms with van der Waals surface area (Å²) in [6.07, 6.45) is 1.16. The van der Waals surface area contributed by atoms with E-state index in [1.165, 1.54) is 5.75 Å². The first kappa shape index (κ1) is 14.1. The summed E-state index contributed by atoms with van der Waals surface area (Å²) in [6.45, 7) is 4.61. The Hall–Kier alpha value is -1.36. The zero-order valence-corrected chi connectivity index (χ0v) is 12.2. The van der Waals surface area contributed by atoms with Gasteiger partial charge in [0.15, 0.2) is 0 Å². The molecular weight excluding hydrogens is 258 g/mol. The summed E-state index contributed by atoms with van der Waals surface area (Å²) in [6, 6.07) is 7.60. The average Bonchev–Trinajstić information content (AvgIpc) is 2.26. The molecule has 1 saturated heterocycles. The van der Waals surface area contributed by atoms with Crippen molar-refractivity contribution in [3.63, 3.8) is 0 Å². The van der Waals surface area contributed by atoms with E-state index in [1.807, 2.05) is 36.0 Å². The van der Waals surface area contributed by atoms with E-state index in [4.69, 9.17) is 5.73 Å². The van der Waals surface area contributed by atoms with E-state index >= 15 is 0 Å². The van der Waals surface area contributed by atoms with Crippen molar-refractivity contribution in [1.82, 2.24) is 0 Å². The second kappa shape index (κ2) is 5.74. The maximum Gasteiger partial charge on any atom is 0.316 e. The van der Waals surface area contributed by atoms with Crippen LogP contribution in [0.5, 0.6) is 0 Å². The summed E-state index contributed by atoms with van der Waals surface area (Å²) in [5, 5.41) is 6.13. The van der Waals surface area contributed by atoms with E-state index in [-0.39, 0.29) is 0 Å². The predicted octanol–water partition coefficient (Wildman–Crippen LogP) is 3.12. The van der Waals surface area contributed by atoms with Gasteiger partial charge in [-0.3, -0.25) is 0 Å². The molecule has 0 spiro atoms. The van der Waals surface area contributed by atoms with Crippen LogP contribution in [0.1, 0.15) is 20.3 Å². The Morgan fingerprint density at radius 3 is 2.84 bits per heavy atom. The molecule has 0 aromatic heterocycles. The van der Waals surface area contributed by atoms with Crippen molar-refractivity contribution in [2.24, 2.45) is 11.1 Å². The van der Waals surface area contributed by atoms with E-state index in [0.717, 1.165) is 23.5 Å². The molecule has 4 N–H and O–H groups in total. The highest BCUT2D eigenvalue weighted by atomic mass is 32.2. The number of nitrogens with one attached hydrogen (secondary N) is 2. The Bertz CT molecular complexity index is 462. The van der Waals surface area contributed by atoms with Gasteiger partial charge in [-0.05, 0) is 35.8 Å². The molecule has 1 heterocycles. The van der Waals surface area contributed by atoms with Crippen LogP contribution in [-0.2, 0) is 0 Å². The number of primary amides is 1. The minimum atomic E-state index is -0.536. The number of nitrogens with two attached hydrogens (primary N) is 1. The first-order chi connectivity index (χ1) is 8.94. The number of hydrogen-bond donors (Lipinski definition) is 3. The number of urea groups is 1. The van der Waals surface area contributed by atoms with E-state index < -0.39 is 6.03 Å². The van der Waals surface area contributed by atoms with Crippen LogP contribution in [0.2, 0.25) is 0 Å². The number of anilines is 2. The summed E-state index contributed by atoms with van der Waals surface area (Å²) in [5.74, 6) is 2.34. The first-order valence-corrected chi connectivity index (χ1v) is 7.61. The molecule has 104 valence electrons. The maximum absolute atomic E-state index is 10.8. The molecule has 1 aliphatic rings. The van der Waals surface area contributed by atoms with Gasteiger partial charge in [-0.2, -0.15) is 11.8 Å². The van der Waals surface area contributed by atoms with Crippen LogP contribution in [0.3, 0.4) is 0 Å². The molecule has 1 aromatic carbocycles. The number of carbonyl (C=O) groups excluding carboxylic acids is 1. The van der Waals surface area contributed by atoms with E-state index in [0.29, 0.717) is 11.5 Å². The van der Waals surface area contributed by atoms with Gasteiger partial charge in [0.1, 0.15) is 0 Å². The lowest BCUT2D eigenvalue weighted by atomic mass is 9.88. The van der Waals surface area contributed by atoms with Crippen molar-refractivity contribution < 1.29 is 4.79 Å². The quantitative estimate of drug-likeness (QED) is 0.796. The molecule has 1 atom stereocenters. The monoisotopic (exact) mass is 279 g/mol. The summed E-state index contributed by atoms with van der Waals surface area (Å²) < 4.78 is 0. The highest BCUT2D eigenvalue weighted by Gasteiger charge is 2.28. The Labute approximate surface area is 118 Å². The van der Waals surface area contributed by atoms with E-state index in [9.17, 15) is 4.79 Å². The third kappa shape index (κ3) is 4.35. The second-order valence-electron chi connectivity index (χ2n) is 5.79. The van der Waals surface area contributed by atoms with Gasteiger partial charge in [0.2, 0.25) is 0 Å². The van der Waals surface area contributed by atoms with Gasteiger partial charge in [-0.1, -0.05) is 19.9 Å². The molecule has 1 unspecified atom stereocenters. The minimum absolute atomic E-state index is 0.379. The lowest BCUT2D eigenvalue weighted by molar-refractivity contribution is 0.259. The number of rotatable bonds is 3. The van der Waals surface area contributed by atoms with Crippen molar-refractivity contribution in [2.45, 2.75) is 26.3 Å². The van der Waals surface area contributed by atoms with Crippen molar-refractivity contribution >= 4 is 29.2 Å². The van der Waals surface area contributed by atoms with Gasteiger partial charge >= 0.3 is 6.03 Å². The van der Waals surface area contributed by atoms with Crippen molar-refractivity contribution in [3.05, 3.63) is 24.3 Å². The van der Waals surface area contributed by atoms with Crippen molar-refractivity contribution in [3.8, 4) is 0 Å². The Morgan fingerprint density at radius 1 is 1.42 bits per heavy atom. The van der Waals surface area contributed by atoms with Crippen LogP contribution < -0.4 is 16.4 Å². The molecule has 1 aliphatic heterocycles. The first-order valence-electron chi connectivity index (χ1n) is 6.45. The number of hydrogen-bond acceptors (Lipinski definition) is 3. The van der Waals surface area contributed by atoms with Crippen molar-refractivity contribution in [2.75, 3.05) is 22.1 Å². The Kier molecular flexibility index (Phi) is 4.24. The Balaban J connectivity index is 2.00. The predicted molar refractivity (Wildman–Crippen MR) is 82.8 cm³/mol. The molecule has 0 bridgehead atoms. The molecule has 2 amide bonds. The highest BCUT2D eigenvalue weighted by Crippen LogP contribution is 2.34. The number of carbonyl (C=O) groups is 1. The van der Waals surface area contributed by atoms with Crippen LogP contribution in [0.15, 0.2) is 24.3 Å². The van der Waals surface area contributed by atoms with Gasteiger partial charge in [0, 0.05) is 23.2 Å². The molecule has 0 saturated carbocycles. The molecule has 2 rings (SSSR count). The van der Waals surface area contributed by atoms with Gasteiger partial charge in [-0.25, -0.2) is 4.79 Å². The molecule has 19 heavy (non-hydrogen) atoms. The molecule has 0 aliphatic carbocycles. The fraction of sp³-hybridized carbons (Fsp3) is 0.500. The number of thioether (sulfide) groups is 1. The highest BCUT2D eigenvalue weighted by molar-refractivity contribution is 7.99. The zero-order valence-electron chi connectivity index (χ0n) is 11.4. The van der Waals surface area contributed by atoms with Crippen molar-refractivity contribution in [1.29, 1.82) is 0 Å². The van der Waals surface area contributed by atoms with Crippen LogP contribution in [-0.4, -0.2) is 23.6 Å². The molecule has 1 aromatic rings. The molecule has 1 fully saturated rings. The topological polar surface area (TPSA) is 67.2 Å². The van der Waals surface area contributed by atoms with Gasteiger partial charge in [-0.15, -0.1) is 0 Å². The lowest BCUT2D eigenvalue weighted by Gasteiger charge is -2.35. The lowest BCUT2D eigenvalue weighted by Crippen LogP contribution is -2.35.